The Kier molecular flexibility index (Phi) is 2.26. The highest BCUT2D eigenvalue weighted by Gasteiger charge is 2.09. The monoisotopic (exact) mass is 242 g/mol. The summed E-state index contributed by atoms with van der Waals surface area (Å²) in [4.78, 5) is 3.34. The van der Waals surface area contributed by atoms with Crippen molar-refractivity contribution >= 4 is 16.6 Å². The van der Waals surface area contributed by atoms with E-state index < -0.39 is 0 Å². The number of fused-ring (bicyclic) bond motifs is 1. The zero-order valence-electron chi connectivity index (χ0n) is 10.3. The molecule has 0 spiro atoms. The molecule has 0 saturated carbocycles. The van der Waals surface area contributed by atoms with Crippen molar-refractivity contribution in [2.24, 2.45) is 7.05 Å². The van der Waals surface area contributed by atoms with Crippen LogP contribution in [0.1, 0.15) is 0 Å². The molecule has 3 N–H and O–H groups in total. The van der Waals surface area contributed by atoms with Gasteiger partial charge in [-0.2, -0.15) is 5.10 Å². The average Bonchev–Trinajstić information content (AvgIpc) is 2.93. The van der Waals surface area contributed by atoms with Gasteiger partial charge in [0.05, 0.1) is 24.2 Å². The Morgan fingerprint density at radius 3 is 2.83 bits per heavy atom. The number of aromatic amines is 1. The Labute approximate surface area is 104 Å². The molecule has 0 atom stereocenters. The second-order valence-corrected chi connectivity index (χ2v) is 4.20. The zero-order chi connectivity index (χ0) is 12.7. The minimum absolute atomic E-state index is 0.639. The molecule has 0 fully saturated rings. The number of benzene rings is 1. The number of anilines is 1. The molecule has 0 unspecified atom stereocenters. The number of methoxy groups -OCH3 is 1. The summed E-state index contributed by atoms with van der Waals surface area (Å²) >= 11 is 0. The highest BCUT2D eigenvalue weighted by molar-refractivity contribution is 5.89. The minimum Gasteiger partial charge on any atom is -0.495 e. The first-order valence-electron chi connectivity index (χ1n) is 5.63. The molecular formula is C13H14N4O. The Morgan fingerprint density at radius 2 is 2.17 bits per heavy atom. The Balaban J connectivity index is 2.20. The number of hydrogen-bond donors (Lipinski definition) is 2. The van der Waals surface area contributed by atoms with Crippen LogP contribution in [0.2, 0.25) is 0 Å². The number of nitrogens with zero attached hydrogens (tertiary/aromatic N) is 2. The van der Waals surface area contributed by atoms with Crippen LogP contribution >= 0.6 is 0 Å². The van der Waals surface area contributed by atoms with Gasteiger partial charge in [-0.25, -0.2) is 0 Å². The van der Waals surface area contributed by atoms with Crippen molar-refractivity contribution in [2.45, 2.75) is 0 Å². The summed E-state index contributed by atoms with van der Waals surface area (Å²) in [5.74, 6) is 0.681. The van der Waals surface area contributed by atoms with Gasteiger partial charge < -0.3 is 15.5 Å². The molecule has 5 nitrogen and oxygen atoms in total. The summed E-state index contributed by atoms with van der Waals surface area (Å²) in [6.07, 6.45) is 1.77. The predicted octanol–water partition coefficient (Wildman–Crippen LogP) is 2.16. The van der Waals surface area contributed by atoms with E-state index in [-0.39, 0.29) is 0 Å². The fraction of sp³-hybridized carbons (Fsp3) is 0.154. The lowest BCUT2D eigenvalue weighted by molar-refractivity contribution is 0.417. The molecule has 2 aromatic heterocycles. The van der Waals surface area contributed by atoms with Gasteiger partial charge in [0.1, 0.15) is 5.75 Å². The third-order valence-electron chi connectivity index (χ3n) is 3.07. The summed E-state index contributed by atoms with van der Waals surface area (Å²) < 4.78 is 7.04. The van der Waals surface area contributed by atoms with E-state index in [1.54, 1.807) is 13.3 Å². The van der Waals surface area contributed by atoms with Crippen LogP contribution in [0.5, 0.6) is 5.75 Å². The predicted molar refractivity (Wildman–Crippen MR) is 71.5 cm³/mol. The second-order valence-electron chi connectivity index (χ2n) is 4.20. The fourth-order valence-electron chi connectivity index (χ4n) is 2.13. The number of ether oxygens (including phenoxy) is 1. The first kappa shape index (κ1) is 10.7. The maximum atomic E-state index is 5.90. The molecule has 3 aromatic rings. The molecule has 0 radical (unpaired) electrons. The molecule has 0 amide bonds. The molecule has 0 aliphatic rings. The number of nitrogen functional groups attached to an aromatic ring is 1. The molecule has 1 aromatic carbocycles. The number of hydrogen-bond acceptors (Lipinski definition) is 3. The second kappa shape index (κ2) is 3.80. The number of aryl methyl sites for hydroxylation is 1. The van der Waals surface area contributed by atoms with E-state index in [1.807, 2.05) is 29.9 Å². The normalized spacial score (nSPS) is 11.0. The topological polar surface area (TPSA) is 68.9 Å². The van der Waals surface area contributed by atoms with Gasteiger partial charge in [0.25, 0.3) is 0 Å². The Morgan fingerprint density at radius 1 is 1.33 bits per heavy atom. The number of nitrogens with one attached hydrogen (secondary N) is 1. The summed E-state index contributed by atoms with van der Waals surface area (Å²) in [6.45, 7) is 0. The van der Waals surface area contributed by atoms with Crippen LogP contribution in [0.25, 0.3) is 22.3 Å². The van der Waals surface area contributed by atoms with E-state index in [1.165, 1.54) is 0 Å². The van der Waals surface area contributed by atoms with Gasteiger partial charge in [0.2, 0.25) is 0 Å². The van der Waals surface area contributed by atoms with Crippen LogP contribution in [-0.4, -0.2) is 21.9 Å². The number of nitrogens with two attached hydrogens (primary N) is 1. The summed E-state index contributed by atoms with van der Waals surface area (Å²) in [5, 5.41) is 5.22. The summed E-state index contributed by atoms with van der Waals surface area (Å²) in [6, 6.07) is 7.84. The van der Waals surface area contributed by atoms with Crippen LogP contribution in [0.3, 0.4) is 0 Å². The van der Waals surface area contributed by atoms with Crippen LogP contribution in [0, 0.1) is 0 Å². The van der Waals surface area contributed by atoms with Gasteiger partial charge in [-0.1, -0.05) is 0 Å². The average molecular weight is 242 g/mol. The molecule has 92 valence electrons. The van der Waals surface area contributed by atoms with Crippen molar-refractivity contribution in [2.75, 3.05) is 12.8 Å². The SMILES string of the molecule is COc1cc2[nH]c(-c3ccnn3C)cc2cc1N. The van der Waals surface area contributed by atoms with E-state index >= 15 is 0 Å². The summed E-state index contributed by atoms with van der Waals surface area (Å²) in [7, 11) is 3.53. The number of rotatable bonds is 2. The van der Waals surface area contributed by atoms with E-state index in [2.05, 4.69) is 16.1 Å². The van der Waals surface area contributed by atoms with Crippen molar-refractivity contribution < 1.29 is 4.74 Å². The Bertz CT molecular complexity index is 711. The van der Waals surface area contributed by atoms with Gasteiger partial charge in [-0.15, -0.1) is 0 Å². The first-order valence-corrected chi connectivity index (χ1v) is 5.63. The van der Waals surface area contributed by atoms with Crippen molar-refractivity contribution in [3.63, 3.8) is 0 Å². The number of aromatic nitrogens is 3. The van der Waals surface area contributed by atoms with Crippen LogP contribution in [0.15, 0.2) is 30.5 Å². The highest BCUT2D eigenvalue weighted by Crippen LogP contribution is 2.30. The fourth-order valence-corrected chi connectivity index (χ4v) is 2.13. The van der Waals surface area contributed by atoms with Gasteiger partial charge in [-0.05, 0) is 18.2 Å². The van der Waals surface area contributed by atoms with Gasteiger partial charge >= 0.3 is 0 Å². The smallest absolute Gasteiger partial charge is 0.143 e. The lowest BCUT2D eigenvalue weighted by Gasteiger charge is -2.03. The lowest BCUT2D eigenvalue weighted by Crippen LogP contribution is -1.92. The maximum Gasteiger partial charge on any atom is 0.143 e. The molecule has 2 heterocycles. The number of H-pyrrole nitrogens is 1. The molecule has 0 saturated heterocycles. The molecular weight excluding hydrogens is 228 g/mol. The minimum atomic E-state index is 0.639. The van der Waals surface area contributed by atoms with E-state index in [0.717, 1.165) is 22.3 Å². The lowest BCUT2D eigenvalue weighted by atomic mass is 10.2. The zero-order valence-corrected chi connectivity index (χ0v) is 10.3. The maximum absolute atomic E-state index is 5.90. The first-order chi connectivity index (χ1) is 8.69. The molecule has 3 rings (SSSR count). The van der Waals surface area contributed by atoms with E-state index in [0.29, 0.717) is 11.4 Å². The van der Waals surface area contributed by atoms with Crippen molar-refractivity contribution in [1.82, 2.24) is 14.8 Å². The van der Waals surface area contributed by atoms with E-state index in [9.17, 15) is 0 Å². The van der Waals surface area contributed by atoms with Crippen molar-refractivity contribution in [1.29, 1.82) is 0 Å². The molecule has 0 aliphatic carbocycles. The van der Waals surface area contributed by atoms with Gasteiger partial charge in [0.15, 0.2) is 0 Å². The Hall–Kier alpha value is -2.43. The van der Waals surface area contributed by atoms with Gasteiger partial charge in [0, 0.05) is 30.2 Å². The quantitative estimate of drug-likeness (QED) is 0.676. The van der Waals surface area contributed by atoms with Crippen LogP contribution in [-0.2, 0) is 7.05 Å². The molecule has 0 bridgehead atoms. The van der Waals surface area contributed by atoms with Crippen molar-refractivity contribution in [3.05, 3.63) is 30.5 Å². The highest BCUT2D eigenvalue weighted by atomic mass is 16.5. The van der Waals surface area contributed by atoms with Gasteiger partial charge in [-0.3, -0.25) is 4.68 Å². The van der Waals surface area contributed by atoms with E-state index in [4.69, 9.17) is 10.5 Å². The molecule has 18 heavy (non-hydrogen) atoms. The van der Waals surface area contributed by atoms with Crippen molar-refractivity contribution in [3.8, 4) is 17.1 Å². The third kappa shape index (κ3) is 1.52. The molecule has 5 heteroatoms. The largest absolute Gasteiger partial charge is 0.495 e. The molecule has 0 aliphatic heterocycles. The third-order valence-corrected chi connectivity index (χ3v) is 3.07. The van der Waals surface area contributed by atoms with Crippen LogP contribution < -0.4 is 10.5 Å². The van der Waals surface area contributed by atoms with Crippen LogP contribution in [0.4, 0.5) is 5.69 Å². The standard InChI is InChI=1S/C13H14N4O/c1-17-12(3-4-15-17)11-6-8-5-9(14)13(18-2)7-10(8)16-11/h3-7,16H,14H2,1-2H3. The summed E-state index contributed by atoms with van der Waals surface area (Å²) in [5.41, 5.74) is 9.58.